The summed E-state index contributed by atoms with van der Waals surface area (Å²) in [6, 6.07) is 0. The van der Waals surface area contributed by atoms with Gasteiger partial charge in [0, 0.05) is 33.4 Å². The summed E-state index contributed by atoms with van der Waals surface area (Å²) >= 11 is 0. The van der Waals surface area contributed by atoms with Gasteiger partial charge in [-0.1, -0.05) is 0 Å². The SMILES string of the molecule is CCn1cnnc1CNC(=NC)NCCCOCC1CC1. The summed E-state index contributed by atoms with van der Waals surface area (Å²) in [6.45, 7) is 6.15. The Morgan fingerprint density at radius 1 is 1.48 bits per heavy atom. The molecular formula is C14H26N6O. The van der Waals surface area contributed by atoms with Gasteiger partial charge in [0.05, 0.1) is 6.54 Å². The van der Waals surface area contributed by atoms with E-state index in [1.54, 1.807) is 13.4 Å². The minimum atomic E-state index is 0.617. The van der Waals surface area contributed by atoms with Gasteiger partial charge in [-0.2, -0.15) is 0 Å². The maximum atomic E-state index is 5.60. The summed E-state index contributed by atoms with van der Waals surface area (Å²) in [5, 5.41) is 14.5. The molecule has 0 aliphatic heterocycles. The molecule has 0 radical (unpaired) electrons. The van der Waals surface area contributed by atoms with Gasteiger partial charge < -0.3 is 19.9 Å². The Morgan fingerprint density at radius 2 is 2.33 bits per heavy atom. The number of aliphatic imine (C=N–C) groups is 1. The average molecular weight is 294 g/mol. The zero-order chi connectivity index (χ0) is 14.9. The highest BCUT2D eigenvalue weighted by molar-refractivity contribution is 5.79. The molecule has 0 spiro atoms. The Bertz CT molecular complexity index is 440. The number of rotatable bonds is 9. The van der Waals surface area contributed by atoms with Crippen molar-refractivity contribution in [1.82, 2.24) is 25.4 Å². The maximum Gasteiger partial charge on any atom is 0.191 e. The molecule has 0 saturated heterocycles. The molecule has 118 valence electrons. The van der Waals surface area contributed by atoms with E-state index in [1.165, 1.54) is 12.8 Å². The average Bonchev–Trinajstić information content (AvgIpc) is 3.22. The molecule has 2 N–H and O–H groups in total. The van der Waals surface area contributed by atoms with E-state index in [2.05, 4.69) is 32.7 Å². The number of aryl methyl sites for hydroxylation is 1. The van der Waals surface area contributed by atoms with E-state index in [4.69, 9.17) is 4.74 Å². The zero-order valence-electron chi connectivity index (χ0n) is 13.0. The molecule has 1 fully saturated rings. The fraction of sp³-hybridized carbons (Fsp3) is 0.786. The first-order valence-electron chi connectivity index (χ1n) is 7.72. The quantitative estimate of drug-likeness (QED) is 0.400. The van der Waals surface area contributed by atoms with Gasteiger partial charge in [0.15, 0.2) is 11.8 Å². The van der Waals surface area contributed by atoms with E-state index in [0.29, 0.717) is 6.54 Å². The Balaban J connectivity index is 1.57. The predicted octanol–water partition coefficient (Wildman–Crippen LogP) is 0.780. The van der Waals surface area contributed by atoms with Crippen LogP contribution in [0.5, 0.6) is 0 Å². The third kappa shape index (κ3) is 5.71. The summed E-state index contributed by atoms with van der Waals surface area (Å²) in [6.07, 6.45) is 5.41. The lowest BCUT2D eigenvalue weighted by molar-refractivity contribution is 0.123. The van der Waals surface area contributed by atoms with Crippen LogP contribution in [0.15, 0.2) is 11.3 Å². The number of hydrogen-bond donors (Lipinski definition) is 2. The summed E-state index contributed by atoms with van der Waals surface area (Å²) in [5.74, 6) is 2.53. The van der Waals surface area contributed by atoms with Crippen LogP contribution in [-0.2, 0) is 17.8 Å². The number of guanidine groups is 1. The molecule has 2 rings (SSSR count). The molecule has 1 heterocycles. The second kappa shape index (κ2) is 8.61. The molecule has 0 bridgehead atoms. The predicted molar refractivity (Wildman–Crippen MR) is 82.1 cm³/mol. The Kier molecular flexibility index (Phi) is 6.46. The maximum absolute atomic E-state index is 5.60. The van der Waals surface area contributed by atoms with Gasteiger partial charge >= 0.3 is 0 Å². The van der Waals surface area contributed by atoms with Crippen molar-refractivity contribution in [3.63, 3.8) is 0 Å². The number of aromatic nitrogens is 3. The van der Waals surface area contributed by atoms with Crippen LogP contribution in [0, 0.1) is 5.92 Å². The standard InChI is InChI=1S/C14H26N6O/c1-3-20-11-18-19-13(20)9-17-14(15-2)16-7-4-8-21-10-12-5-6-12/h11-12H,3-10H2,1-2H3,(H2,15,16,17). The molecule has 1 aromatic rings. The third-order valence-corrected chi connectivity index (χ3v) is 3.48. The van der Waals surface area contributed by atoms with Gasteiger partial charge in [0.1, 0.15) is 6.33 Å². The fourth-order valence-corrected chi connectivity index (χ4v) is 1.98. The highest BCUT2D eigenvalue weighted by Gasteiger charge is 2.20. The van der Waals surface area contributed by atoms with Gasteiger partial charge in [-0.25, -0.2) is 0 Å². The molecule has 1 aliphatic carbocycles. The number of hydrogen-bond acceptors (Lipinski definition) is 4. The first kappa shape index (κ1) is 15.8. The van der Waals surface area contributed by atoms with E-state index in [9.17, 15) is 0 Å². The zero-order valence-corrected chi connectivity index (χ0v) is 13.0. The van der Waals surface area contributed by atoms with Crippen molar-refractivity contribution in [2.24, 2.45) is 10.9 Å². The monoisotopic (exact) mass is 294 g/mol. The van der Waals surface area contributed by atoms with Crippen LogP contribution in [0.25, 0.3) is 0 Å². The number of nitrogens with one attached hydrogen (secondary N) is 2. The van der Waals surface area contributed by atoms with Crippen LogP contribution in [0.3, 0.4) is 0 Å². The molecule has 0 aromatic carbocycles. The molecule has 1 saturated carbocycles. The smallest absolute Gasteiger partial charge is 0.191 e. The van der Waals surface area contributed by atoms with Crippen molar-refractivity contribution in [2.75, 3.05) is 26.8 Å². The topological polar surface area (TPSA) is 76.4 Å². The molecule has 21 heavy (non-hydrogen) atoms. The van der Waals surface area contributed by atoms with E-state index in [-0.39, 0.29) is 0 Å². The first-order valence-corrected chi connectivity index (χ1v) is 7.72. The van der Waals surface area contributed by atoms with E-state index in [0.717, 1.165) is 50.4 Å². The Labute approximate surface area is 126 Å². The lowest BCUT2D eigenvalue weighted by Gasteiger charge is -2.12. The molecule has 7 nitrogen and oxygen atoms in total. The van der Waals surface area contributed by atoms with Crippen LogP contribution in [-0.4, -0.2) is 47.5 Å². The lowest BCUT2D eigenvalue weighted by Crippen LogP contribution is -2.38. The molecule has 1 aliphatic rings. The summed E-state index contributed by atoms with van der Waals surface area (Å²) in [5.41, 5.74) is 0. The minimum absolute atomic E-state index is 0.617. The summed E-state index contributed by atoms with van der Waals surface area (Å²) < 4.78 is 7.61. The summed E-state index contributed by atoms with van der Waals surface area (Å²) in [4.78, 5) is 4.20. The highest BCUT2D eigenvalue weighted by atomic mass is 16.5. The van der Waals surface area contributed by atoms with E-state index < -0.39 is 0 Å². The molecular weight excluding hydrogens is 268 g/mol. The van der Waals surface area contributed by atoms with Crippen molar-refractivity contribution in [1.29, 1.82) is 0 Å². The molecule has 7 heteroatoms. The summed E-state index contributed by atoms with van der Waals surface area (Å²) in [7, 11) is 1.77. The molecule has 0 unspecified atom stereocenters. The van der Waals surface area contributed by atoms with Crippen molar-refractivity contribution in [2.45, 2.75) is 39.3 Å². The van der Waals surface area contributed by atoms with Crippen molar-refractivity contribution >= 4 is 5.96 Å². The van der Waals surface area contributed by atoms with E-state index >= 15 is 0 Å². The third-order valence-electron chi connectivity index (χ3n) is 3.48. The first-order chi connectivity index (χ1) is 10.3. The second-order valence-corrected chi connectivity index (χ2v) is 5.26. The number of nitrogens with zero attached hydrogens (tertiary/aromatic N) is 4. The van der Waals surface area contributed by atoms with Gasteiger partial charge in [-0.15, -0.1) is 10.2 Å². The van der Waals surface area contributed by atoms with Crippen molar-refractivity contribution in [3.8, 4) is 0 Å². The van der Waals surface area contributed by atoms with Crippen LogP contribution in [0.1, 0.15) is 32.0 Å². The van der Waals surface area contributed by atoms with Gasteiger partial charge in [-0.3, -0.25) is 4.99 Å². The largest absolute Gasteiger partial charge is 0.381 e. The normalized spacial score (nSPS) is 15.2. The van der Waals surface area contributed by atoms with Crippen molar-refractivity contribution in [3.05, 3.63) is 12.2 Å². The van der Waals surface area contributed by atoms with E-state index in [1.807, 2.05) is 4.57 Å². The molecule has 0 amide bonds. The van der Waals surface area contributed by atoms with Crippen molar-refractivity contribution < 1.29 is 4.74 Å². The minimum Gasteiger partial charge on any atom is -0.381 e. The lowest BCUT2D eigenvalue weighted by atomic mass is 10.4. The Hall–Kier alpha value is -1.63. The Morgan fingerprint density at radius 3 is 3.05 bits per heavy atom. The van der Waals surface area contributed by atoms with Crippen LogP contribution in [0.2, 0.25) is 0 Å². The molecule has 1 aromatic heterocycles. The van der Waals surface area contributed by atoms with Crippen LogP contribution >= 0.6 is 0 Å². The van der Waals surface area contributed by atoms with Crippen LogP contribution < -0.4 is 10.6 Å². The van der Waals surface area contributed by atoms with Gasteiger partial charge in [-0.05, 0) is 32.1 Å². The fourth-order valence-electron chi connectivity index (χ4n) is 1.98. The number of ether oxygens (including phenoxy) is 1. The highest BCUT2D eigenvalue weighted by Crippen LogP contribution is 2.28. The van der Waals surface area contributed by atoms with Crippen LogP contribution in [0.4, 0.5) is 0 Å². The molecule has 0 atom stereocenters. The second-order valence-electron chi connectivity index (χ2n) is 5.26. The van der Waals surface area contributed by atoms with Gasteiger partial charge in [0.25, 0.3) is 0 Å². The van der Waals surface area contributed by atoms with Gasteiger partial charge in [0.2, 0.25) is 0 Å².